The van der Waals surface area contributed by atoms with Crippen molar-refractivity contribution in [1.82, 2.24) is 5.32 Å². The summed E-state index contributed by atoms with van der Waals surface area (Å²) in [6.07, 6.45) is 1.21. The third-order valence-electron chi connectivity index (χ3n) is 2.52. The Balaban J connectivity index is 2.90. The largest absolute Gasteiger partial charge is 0.349 e. The third-order valence-corrected chi connectivity index (χ3v) is 3.20. The third kappa shape index (κ3) is 3.92. The Kier molecular flexibility index (Phi) is 6.02. The van der Waals surface area contributed by atoms with Crippen molar-refractivity contribution in [3.8, 4) is 0 Å². The van der Waals surface area contributed by atoms with Gasteiger partial charge in [0.2, 0.25) is 0 Å². The second-order valence-corrected chi connectivity index (χ2v) is 5.09. The number of carbonyl (C=O) groups excluding carboxylic acids is 1. The molecule has 100 valence electrons. The lowest BCUT2D eigenvalue weighted by molar-refractivity contribution is 0.0926. The average molecular weight is 341 g/mol. The van der Waals surface area contributed by atoms with E-state index in [0.717, 1.165) is 12.1 Å². The number of halogens is 4. The van der Waals surface area contributed by atoms with E-state index in [1.54, 1.807) is 0 Å². The smallest absolute Gasteiger partial charge is 0.257 e. The van der Waals surface area contributed by atoms with Crippen LogP contribution < -0.4 is 5.32 Å². The molecular formula is C12H13BrClF2NO. The highest BCUT2D eigenvalue weighted by Crippen LogP contribution is 2.19. The first-order chi connectivity index (χ1) is 8.49. The van der Waals surface area contributed by atoms with E-state index in [1.807, 2.05) is 6.92 Å². The molecule has 1 atom stereocenters. The second-order valence-electron chi connectivity index (χ2n) is 3.80. The first kappa shape index (κ1) is 15.4. The molecule has 6 heteroatoms. The highest BCUT2D eigenvalue weighted by atomic mass is 79.9. The van der Waals surface area contributed by atoms with Crippen molar-refractivity contribution < 1.29 is 13.6 Å². The van der Waals surface area contributed by atoms with Crippen molar-refractivity contribution in [2.45, 2.75) is 25.8 Å². The Labute approximate surface area is 118 Å². The SMILES string of the molecule is CCC(CCCl)NC(=O)c1c(F)cc(Br)cc1F. The molecule has 0 aliphatic carbocycles. The van der Waals surface area contributed by atoms with Crippen LogP contribution >= 0.6 is 27.5 Å². The summed E-state index contributed by atoms with van der Waals surface area (Å²) < 4.78 is 27.3. The van der Waals surface area contributed by atoms with E-state index < -0.39 is 23.1 Å². The molecule has 0 fully saturated rings. The molecule has 1 unspecified atom stereocenters. The van der Waals surface area contributed by atoms with E-state index in [4.69, 9.17) is 11.6 Å². The Bertz CT molecular complexity index is 419. The number of alkyl halides is 1. The van der Waals surface area contributed by atoms with E-state index in [2.05, 4.69) is 21.2 Å². The van der Waals surface area contributed by atoms with Gasteiger partial charge in [-0.05, 0) is 25.0 Å². The van der Waals surface area contributed by atoms with Gasteiger partial charge in [0, 0.05) is 16.4 Å². The molecule has 0 heterocycles. The molecule has 1 N–H and O–H groups in total. The summed E-state index contributed by atoms with van der Waals surface area (Å²) >= 11 is 8.54. The zero-order valence-electron chi connectivity index (χ0n) is 9.77. The van der Waals surface area contributed by atoms with Gasteiger partial charge in [-0.3, -0.25) is 4.79 Å². The van der Waals surface area contributed by atoms with Gasteiger partial charge in [0.05, 0.1) is 0 Å². The minimum atomic E-state index is -0.889. The maximum Gasteiger partial charge on any atom is 0.257 e. The fourth-order valence-corrected chi connectivity index (χ4v) is 2.19. The van der Waals surface area contributed by atoms with Crippen LogP contribution in [-0.4, -0.2) is 17.8 Å². The maximum absolute atomic E-state index is 13.5. The van der Waals surface area contributed by atoms with Crippen molar-refractivity contribution in [2.24, 2.45) is 0 Å². The number of hydrogen-bond acceptors (Lipinski definition) is 1. The van der Waals surface area contributed by atoms with Gasteiger partial charge < -0.3 is 5.32 Å². The highest BCUT2D eigenvalue weighted by molar-refractivity contribution is 9.10. The minimum Gasteiger partial charge on any atom is -0.349 e. The van der Waals surface area contributed by atoms with Crippen molar-refractivity contribution >= 4 is 33.4 Å². The van der Waals surface area contributed by atoms with Crippen LogP contribution in [0.5, 0.6) is 0 Å². The van der Waals surface area contributed by atoms with Crippen LogP contribution in [0.25, 0.3) is 0 Å². The lowest BCUT2D eigenvalue weighted by Crippen LogP contribution is -2.35. The summed E-state index contributed by atoms with van der Waals surface area (Å²) in [5.41, 5.74) is -0.564. The second kappa shape index (κ2) is 7.04. The van der Waals surface area contributed by atoms with Crippen LogP contribution in [0, 0.1) is 11.6 Å². The van der Waals surface area contributed by atoms with Crippen LogP contribution in [0.15, 0.2) is 16.6 Å². The normalized spacial score (nSPS) is 12.3. The lowest BCUT2D eigenvalue weighted by Gasteiger charge is -2.16. The van der Waals surface area contributed by atoms with Crippen molar-refractivity contribution in [1.29, 1.82) is 0 Å². The van der Waals surface area contributed by atoms with Crippen LogP contribution in [-0.2, 0) is 0 Å². The minimum absolute atomic E-state index is 0.183. The van der Waals surface area contributed by atoms with Crippen LogP contribution in [0.1, 0.15) is 30.1 Å². The van der Waals surface area contributed by atoms with Gasteiger partial charge >= 0.3 is 0 Å². The maximum atomic E-state index is 13.5. The molecule has 18 heavy (non-hydrogen) atoms. The molecule has 0 spiro atoms. The topological polar surface area (TPSA) is 29.1 Å². The average Bonchev–Trinajstić information content (AvgIpc) is 2.26. The zero-order chi connectivity index (χ0) is 13.7. The fraction of sp³-hybridized carbons (Fsp3) is 0.417. The number of carbonyl (C=O) groups is 1. The molecule has 0 radical (unpaired) electrons. The Morgan fingerprint density at radius 2 is 2.00 bits per heavy atom. The van der Waals surface area contributed by atoms with E-state index in [9.17, 15) is 13.6 Å². The number of amides is 1. The summed E-state index contributed by atoms with van der Waals surface area (Å²) in [6, 6.07) is 1.93. The summed E-state index contributed by atoms with van der Waals surface area (Å²) in [5, 5.41) is 2.57. The number of rotatable bonds is 5. The monoisotopic (exact) mass is 339 g/mol. The molecule has 0 aliphatic heterocycles. The number of hydrogen-bond donors (Lipinski definition) is 1. The molecule has 1 rings (SSSR count). The van der Waals surface area contributed by atoms with Crippen molar-refractivity contribution in [3.63, 3.8) is 0 Å². The van der Waals surface area contributed by atoms with Gasteiger partial charge in [-0.1, -0.05) is 22.9 Å². The van der Waals surface area contributed by atoms with Gasteiger partial charge in [0.15, 0.2) is 0 Å². The summed E-state index contributed by atoms with van der Waals surface area (Å²) in [5.74, 6) is -2.15. The van der Waals surface area contributed by atoms with Crippen molar-refractivity contribution in [2.75, 3.05) is 5.88 Å². The first-order valence-corrected chi connectivity index (χ1v) is 6.83. The molecule has 2 nitrogen and oxygen atoms in total. The molecule has 0 aromatic heterocycles. The summed E-state index contributed by atoms with van der Waals surface area (Å²) in [4.78, 5) is 11.8. The van der Waals surface area contributed by atoms with E-state index in [-0.39, 0.29) is 10.5 Å². The Hall–Kier alpha value is -0.680. The molecule has 1 amide bonds. The Morgan fingerprint density at radius 3 is 2.44 bits per heavy atom. The highest BCUT2D eigenvalue weighted by Gasteiger charge is 2.20. The molecule has 1 aromatic carbocycles. The van der Waals surface area contributed by atoms with Crippen LogP contribution in [0.2, 0.25) is 0 Å². The summed E-state index contributed by atoms with van der Waals surface area (Å²) in [7, 11) is 0. The summed E-state index contributed by atoms with van der Waals surface area (Å²) in [6.45, 7) is 1.87. The molecule has 1 aromatic rings. The standard InChI is InChI=1S/C12H13BrClF2NO/c1-2-8(3-4-14)17-12(18)11-9(15)5-7(13)6-10(11)16/h5-6,8H,2-4H2,1H3,(H,17,18). The fourth-order valence-electron chi connectivity index (χ4n) is 1.53. The predicted molar refractivity (Wildman–Crippen MR) is 70.9 cm³/mol. The van der Waals surface area contributed by atoms with Crippen LogP contribution in [0.3, 0.4) is 0 Å². The molecule has 0 saturated carbocycles. The van der Waals surface area contributed by atoms with Crippen LogP contribution in [0.4, 0.5) is 8.78 Å². The lowest BCUT2D eigenvalue weighted by atomic mass is 10.1. The van der Waals surface area contributed by atoms with Gasteiger partial charge in [-0.25, -0.2) is 8.78 Å². The number of nitrogens with one attached hydrogen (secondary N) is 1. The first-order valence-electron chi connectivity index (χ1n) is 5.51. The van der Waals surface area contributed by atoms with E-state index in [0.29, 0.717) is 18.7 Å². The number of benzene rings is 1. The molecule has 0 aliphatic rings. The van der Waals surface area contributed by atoms with Gasteiger partial charge in [0.1, 0.15) is 17.2 Å². The zero-order valence-corrected chi connectivity index (χ0v) is 12.1. The van der Waals surface area contributed by atoms with E-state index in [1.165, 1.54) is 0 Å². The van der Waals surface area contributed by atoms with Gasteiger partial charge in [0.25, 0.3) is 5.91 Å². The van der Waals surface area contributed by atoms with Crippen molar-refractivity contribution in [3.05, 3.63) is 33.8 Å². The predicted octanol–water partition coefficient (Wildman–Crippen LogP) is 3.86. The van der Waals surface area contributed by atoms with E-state index >= 15 is 0 Å². The quantitative estimate of drug-likeness (QED) is 0.810. The molecule has 0 saturated heterocycles. The van der Waals surface area contributed by atoms with Gasteiger partial charge in [-0.2, -0.15) is 0 Å². The molecule has 0 bridgehead atoms. The Morgan fingerprint density at radius 1 is 1.44 bits per heavy atom. The molecular weight excluding hydrogens is 327 g/mol. The van der Waals surface area contributed by atoms with Gasteiger partial charge in [-0.15, -0.1) is 11.6 Å².